The lowest BCUT2D eigenvalue weighted by atomic mass is 9.90. The summed E-state index contributed by atoms with van der Waals surface area (Å²) in [6.07, 6.45) is -0.983. The number of fused-ring (bicyclic) bond motifs is 1. The zero-order valence-electron chi connectivity index (χ0n) is 15.9. The predicted octanol–water partition coefficient (Wildman–Crippen LogP) is 5.70. The van der Waals surface area contributed by atoms with Crippen LogP contribution in [0.5, 0.6) is 0 Å². The summed E-state index contributed by atoms with van der Waals surface area (Å²) < 4.78 is 0. The van der Waals surface area contributed by atoms with Crippen molar-refractivity contribution in [1.29, 1.82) is 0 Å². The second kappa shape index (κ2) is 7.84. The molecule has 8 heteroatoms. The molecule has 3 aromatic rings. The molecule has 5 rings (SSSR count). The molecule has 0 spiro atoms. The Morgan fingerprint density at radius 2 is 1.42 bits per heavy atom. The number of anilines is 2. The first-order valence-electron chi connectivity index (χ1n) is 9.55. The van der Waals surface area contributed by atoms with Crippen molar-refractivity contribution in [1.82, 2.24) is 0 Å². The first kappa shape index (κ1) is 20.3. The molecule has 2 heterocycles. The molecule has 2 saturated heterocycles. The first-order chi connectivity index (χ1) is 15.0. The van der Waals surface area contributed by atoms with Crippen LogP contribution in [-0.2, 0) is 14.4 Å². The zero-order chi connectivity index (χ0) is 21.7. The maximum atomic E-state index is 13.5. The van der Waals surface area contributed by atoms with Crippen molar-refractivity contribution in [2.24, 2.45) is 5.92 Å². The number of hydroxylamine groups is 1. The molecule has 2 fully saturated rings. The van der Waals surface area contributed by atoms with Crippen LogP contribution in [0, 0.1) is 5.92 Å². The normalized spacial score (nSPS) is 22.9. The summed E-state index contributed by atoms with van der Waals surface area (Å²) in [4.78, 5) is 34.0. The monoisotopic (exact) mass is 472 g/mol. The molecule has 2 aliphatic heterocycles. The fourth-order valence-electron chi connectivity index (χ4n) is 4.12. The molecule has 3 aromatic carbocycles. The van der Waals surface area contributed by atoms with Crippen molar-refractivity contribution in [3.63, 3.8) is 0 Å². The molecule has 0 radical (unpaired) electrons. The van der Waals surface area contributed by atoms with Gasteiger partial charge in [0.05, 0.1) is 27.5 Å². The van der Waals surface area contributed by atoms with Crippen molar-refractivity contribution < 1.29 is 14.4 Å². The average molecular weight is 474 g/mol. The molecule has 0 bridgehead atoms. The van der Waals surface area contributed by atoms with Crippen LogP contribution in [-0.4, -0.2) is 17.9 Å². The molecule has 5 nitrogen and oxygen atoms in total. The van der Waals surface area contributed by atoms with Crippen molar-refractivity contribution in [3.05, 3.63) is 93.4 Å². The molecular weight excluding hydrogens is 459 g/mol. The predicted molar refractivity (Wildman–Crippen MR) is 120 cm³/mol. The quantitative estimate of drug-likeness (QED) is 0.458. The number of para-hydroxylation sites is 1. The fourth-order valence-corrected chi connectivity index (χ4v) is 4.66. The Labute approximate surface area is 193 Å². The smallest absolute Gasteiger partial charge is 0.266 e. The van der Waals surface area contributed by atoms with E-state index < -0.39 is 24.0 Å². The van der Waals surface area contributed by atoms with Gasteiger partial charge in [-0.25, -0.2) is 9.96 Å². The topological polar surface area (TPSA) is 49.9 Å². The number of benzene rings is 3. The number of nitrogens with zero attached hydrogens (tertiary/aromatic N) is 2. The summed E-state index contributed by atoms with van der Waals surface area (Å²) >= 11 is 18.6. The van der Waals surface area contributed by atoms with E-state index in [1.54, 1.807) is 23.3 Å². The van der Waals surface area contributed by atoms with Crippen LogP contribution in [0.15, 0.2) is 72.8 Å². The summed E-state index contributed by atoms with van der Waals surface area (Å²) in [6.45, 7) is 0. The van der Waals surface area contributed by atoms with E-state index >= 15 is 0 Å². The maximum absolute atomic E-state index is 13.5. The van der Waals surface area contributed by atoms with Gasteiger partial charge < -0.3 is 0 Å². The van der Waals surface area contributed by atoms with Gasteiger partial charge in [-0.15, -0.1) is 0 Å². The minimum absolute atomic E-state index is 0.256. The molecule has 0 aromatic heterocycles. The molecule has 0 unspecified atom stereocenters. The number of carbonyl (C=O) groups excluding carboxylic acids is 2. The Kier molecular flexibility index (Phi) is 5.15. The first-order valence-corrected chi connectivity index (χ1v) is 10.7. The van der Waals surface area contributed by atoms with Crippen LogP contribution < -0.4 is 9.96 Å². The second-order valence-corrected chi connectivity index (χ2v) is 8.51. The van der Waals surface area contributed by atoms with Gasteiger partial charge >= 0.3 is 0 Å². The zero-order valence-corrected chi connectivity index (χ0v) is 18.2. The standard InChI is InChI=1S/C23H15Cl3N2O3/c24-16-9-5-4-8-15(16)20-19-21(31-28(20)13-6-2-1-3-7-13)23(30)27(22(19)29)14-10-11-17(25)18(26)12-14/h1-12,19-21H/t19-,20-,21+/m0/s1. The van der Waals surface area contributed by atoms with E-state index in [4.69, 9.17) is 39.6 Å². The van der Waals surface area contributed by atoms with E-state index in [0.717, 1.165) is 10.6 Å². The van der Waals surface area contributed by atoms with Gasteiger partial charge in [-0.05, 0) is 42.0 Å². The van der Waals surface area contributed by atoms with Crippen LogP contribution in [0.3, 0.4) is 0 Å². The largest absolute Gasteiger partial charge is 0.273 e. The molecule has 0 aliphatic carbocycles. The highest BCUT2D eigenvalue weighted by molar-refractivity contribution is 6.42. The maximum Gasteiger partial charge on any atom is 0.266 e. The third kappa shape index (κ3) is 3.29. The van der Waals surface area contributed by atoms with E-state index in [1.165, 1.54) is 6.07 Å². The Morgan fingerprint density at radius 3 is 2.13 bits per heavy atom. The van der Waals surface area contributed by atoms with Crippen molar-refractivity contribution in [2.45, 2.75) is 12.1 Å². The van der Waals surface area contributed by atoms with Gasteiger partial charge in [0, 0.05) is 5.02 Å². The number of hydrogen-bond acceptors (Lipinski definition) is 4. The van der Waals surface area contributed by atoms with Crippen molar-refractivity contribution in [2.75, 3.05) is 9.96 Å². The van der Waals surface area contributed by atoms with E-state index in [0.29, 0.717) is 21.3 Å². The molecule has 2 aliphatic rings. The van der Waals surface area contributed by atoms with Gasteiger partial charge in [-0.3, -0.25) is 14.4 Å². The number of imide groups is 1. The molecule has 3 atom stereocenters. The molecule has 2 amide bonds. The average Bonchev–Trinajstić information content (AvgIpc) is 3.27. The van der Waals surface area contributed by atoms with Gasteiger partial charge in [-0.1, -0.05) is 71.2 Å². The van der Waals surface area contributed by atoms with E-state index in [-0.39, 0.29) is 10.9 Å². The van der Waals surface area contributed by atoms with Gasteiger partial charge in [-0.2, -0.15) is 0 Å². The molecular formula is C23H15Cl3N2O3. The molecule has 0 saturated carbocycles. The van der Waals surface area contributed by atoms with E-state index in [9.17, 15) is 9.59 Å². The highest BCUT2D eigenvalue weighted by Gasteiger charge is 2.60. The number of halogens is 3. The molecule has 156 valence electrons. The van der Waals surface area contributed by atoms with Crippen LogP contribution in [0.25, 0.3) is 0 Å². The SMILES string of the molecule is O=C1[C@@H]2[C@@H](ON(c3ccccc3)[C@H]2c2ccccc2Cl)C(=O)N1c1ccc(Cl)c(Cl)c1. The van der Waals surface area contributed by atoms with Gasteiger partial charge in [0.15, 0.2) is 6.10 Å². The lowest BCUT2D eigenvalue weighted by Gasteiger charge is -2.29. The number of amides is 2. The van der Waals surface area contributed by atoms with Crippen molar-refractivity contribution >= 4 is 58.0 Å². The summed E-state index contributed by atoms with van der Waals surface area (Å²) in [6, 6.07) is 20.6. The summed E-state index contributed by atoms with van der Waals surface area (Å²) in [5, 5.41) is 2.70. The van der Waals surface area contributed by atoms with Crippen LogP contribution >= 0.6 is 34.8 Å². The second-order valence-electron chi connectivity index (χ2n) is 7.29. The number of carbonyl (C=O) groups is 2. The summed E-state index contributed by atoms with van der Waals surface area (Å²) in [7, 11) is 0. The minimum Gasteiger partial charge on any atom is -0.273 e. The van der Waals surface area contributed by atoms with Crippen LogP contribution in [0.4, 0.5) is 11.4 Å². The van der Waals surface area contributed by atoms with Gasteiger partial charge in [0.2, 0.25) is 5.91 Å². The Hall–Kier alpha value is -2.57. The summed E-state index contributed by atoms with van der Waals surface area (Å²) in [5.74, 6) is -1.61. The third-order valence-electron chi connectivity index (χ3n) is 5.51. The van der Waals surface area contributed by atoms with E-state index in [1.807, 2.05) is 48.5 Å². The highest BCUT2D eigenvalue weighted by atomic mass is 35.5. The summed E-state index contributed by atoms with van der Waals surface area (Å²) in [5.41, 5.74) is 1.78. The molecule has 31 heavy (non-hydrogen) atoms. The Morgan fingerprint density at radius 1 is 0.710 bits per heavy atom. The van der Waals surface area contributed by atoms with E-state index in [2.05, 4.69) is 0 Å². The lowest BCUT2D eigenvalue weighted by Crippen LogP contribution is -2.37. The highest BCUT2D eigenvalue weighted by Crippen LogP contribution is 2.49. The van der Waals surface area contributed by atoms with Crippen LogP contribution in [0.1, 0.15) is 11.6 Å². The Balaban J connectivity index is 1.60. The van der Waals surface area contributed by atoms with Crippen molar-refractivity contribution in [3.8, 4) is 0 Å². The Bertz CT molecular complexity index is 1190. The minimum atomic E-state index is -0.983. The van der Waals surface area contributed by atoms with Crippen LogP contribution in [0.2, 0.25) is 15.1 Å². The lowest BCUT2D eigenvalue weighted by molar-refractivity contribution is -0.126. The third-order valence-corrected chi connectivity index (χ3v) is 6.59. The number of rotatable bonds is 3. The van der Waals surface area contributed by atoms with Gasteiger partial charge in [0.25, 0.3) is 5.91 Å². The number of hydrogen-bond donors (Lipinski definition) is 0. The fraction of sp³-hybridized carbons (Fsp3) is 0.130. The van der Waals surface area contributed by atoms with Gasteiger partial charge in [0.1, 0.15) is 5.92 Å². The molecule has 0 N–H and O–H groups in total.